The molecule has 61 heavy (non-hydrogen) atoms. The predicted molar refractivity (Wildman–Crippen MR) is 261 cm³/mol. The third kappa shape index (κ3) is 48.0. The molecular formula is C55H96O6. The van der Waals surface area contributed by atoms with Crippen LogP contribution in [0, 0.1) is 0 Å². The third-order valence-electron chi connectivity index (χ3n) is 11.0. The van der Waals surface area contributed by atoms with Crippen molar-refractivity contribution < 1.29 is 28.6 Å². The van der Waals surface area contributed by atoms with E-state index in [1.54, 1.807) is 0 Å². The fourth-order valence-corrected chi connectivity index (χ4v) is 7.14. The fraction of sp³-hybridized carbons (Fsp3) is 0.764. The summed E-state index contributed by atoms with van der Waals surface area (Å²) in [7, 11) is 0. The predicted octanol–water partition coefficient (Wildman–Crippen LogP) is 16.9. The van der Waals surface area contributed by atoms with Crippen LogP contribution in [0.2, 0.25) is 0 Å². The van der Waals surface area contributed by atoms with E-state index in [0.29, 0.717) is 19.3 Å². The SMILES string of the molecule is CC\C=C/C=C\C=C/CCCCCCCC(=O)OCC(COC(=O)CCCCCCCCC/C=C\CCCCCC)OC(=O)CCCCCCCCC/C=C\CCCCCC. The van der Waals surface area contributed by atoms with Crippen molar-refractivity contribution in [2.24, 2.45) is 0 Å². The molecule has 0 saturated heterocycles. The summed E-state index contributed by atoms with van der Waals surface area (Å²) in [6.07, 6.45) is 60.5. The van der Waals surface area contributed by atoms with E-state index in [-0.39, 0.29) is 31.1 Å². The number of unbranched alkanes of at least 4 members (excludes halogenated alkanes) is 27. The van der Waals surface area contributed by atoms with Crippen LogP contribution in [0.15, 0.2) is 60.8 Å². The van der Waals surface area contributed by atoms with Crippen molar-refractivity contribution in [3.63, 3.8) is 0 Å². The molecule has 0 rings (SSSR count). The minimum Gasteiger partial charge on any atom is -0.462 e. The second-order valence-electron chi connectivity index (χ2n) is 17.1. The van der Waals surface area contributed by atoms with Crippen molar-refractivity contribution in [2.45, 2.75) is 258 Å². The highest BCUT2D eigenvalue weighted by Crippen LogP contribution is 2.14. The zero-order valence-corrected chi connectivity index (χ0v) is 40.2. The molecule has 6 heteroatoms. The number of carbonyl (C=O) groups excluding carboxylic acids is 3. The van der Waals surface area contributed by atoms with E-state index in [2.05, 4.69) is 81.5 Å². The molecule has 0 N–H and O–H groups in total. The summed E-state index contributed by atoms with van der Waals surface area (Å²) in [6, 6.07) is 0. The van der Waals surface area contributed by atoms with Crippen molar-refractivity contribution in [3.8, 4) is 0 Å². The first-order valence-electron chi connectivity index (χ1n) is 25.8. The first-order valence-corrected chi connectivity index (χ1v) is 25.8. The van der Waals surface area contributed by atoms with Gasteiger partial charge in [-0.3, -0.25) is 14.4 Å². The maximum atomic E-state index is 12.8. The summed E-state index contributed by atoms with van der Waals surface area (Å²) >= 11 is 0. The van der Waals surface area contributed by atoms with Gasteiger partial charge in [0.25, 0.3) is 0 Å². The van der Waals surface area contributed by atoms with E-state index in [1.165, 1.54) is 128 Å². The molecule has 1 unspecified atom stereocenters. The van der Waals surface area contributed by atoms with Crippen LogP contribution in [0.25, 0.3) is 0 Å². The first kappa shape index (κ1) is 58.1. The Morgan fingerprint density at radius 3 is 1.03 bits per heavy atom. The second kappa shape index (κ2) is 49.8. The van der Waals surface area contributed by atoms with Gasteiger partial charge in [-0.15, -0.1) is 0 Å². The molecule has 0 aliphatic rings. The summed E-state index contributed by atoms with van der Waals surface area (Å²) in [5.41, 5.74) is 0. The summed E-state index contributed by atoms with van der Waals surface area (Å²) in [6.45, 7) is 6.46. The highest BCUT2D eigenvalue weighted by molar-refractivity contribution is 5.71. The molecule has 352 valence electrons. The molecule has 0 spiro atoms. The molecule has 0 aliphatic heterocycles. The Morgan fingerprint density at radius 2 is 0.656 bits per heavy atom. The number of rotatable bonds is 46. The van der Waals surface area contributed by atoms with E-state index < -0.39 is 6.10 Å². The third-order valence-corrected chi connectivity index (χ3v) is 11.0. The molecule has 0 aliphatic carbocycles. The lowest BCUT2D eigenvalue weighted by molar-refractivity contribution is -0.167. The van der Waals surface area contributed by atoms with Crippen molar-refractivity contribution >= 4 is 17.9 Å². The van der Waals surface area contributed by atoms with Crippen LogP contribution in [0.1, 0.15) is 252 Å². The van der Waals surface area contributed by atoms with Gasteiger partial charge in [-0.2, -0.15) is 0 Å². The van der Waals surface area contributed by atoms with Crippen LogP contribution in [0.4, 0.5) is 0 Å². The Labute approximate surface area is 377 Å². The minimum absolute atomic E-state index is 0.0846. The quantitative estimate of drug-likeness (QED) is 0.0200. The molecule has 0 aromatic heterocycles. The molecular weight excluding hydrogens is 757 g/mol. The van der Waals surface area contributed by atoms with Crippen LogP contribution in [-0.2, 0) is 28.6 Å². The summed E-state index contributed by atoms with van der Waals surface area (Å²) < 4.78 is 16.8. The summed E-state index contributed by atoms with van der Waals surface area (Å²) in [5.74, 6) is -0.911. The van der Waals surface area contributed by atoms with E-state index in [4.69, 9.17) is 14.2 Å². The average Bonchev–Trinajstić information content (AvgIpc) is 3.26. The lowest BCUT2D eigenvalue weighted by Gasteiger charge is -2.18. The average molecular weight is 853 g/mol. The van der Waals surface area contributed by atoms with Gasteiger partial charge in [-0.25, -0.2) is 0 Å². The Kier molecular flexibility index (Phi) is 47.4. The molecule has 0 fully saturated rings. The van der Waals surface area contributed by atoms with E-state index in [0.717, 1.165) is 83.5 Å². The Balaban J connectivity index is 4.41. The van der Waals surface area contributed by atoms with Gasteiger partial charge < -0.3 is 14.2 Å². The number of carbonyl (C=O) groups is 3. The lowest BCUT2D eigenvalue weighted by Crippen LogP contribution is -2.30. The molecule has 0 radical (unpaired) electrons. The second-order valence-corrected chi connectivity index (χ2v) is 17.1. The highest BCUT2D eigenvalue weighted by atomic mass is 16.6. The molecule has 0 heterocycles. The number of hydrogen-bond acceptors (Lipinski definition) is 6. The first-order chi connectivity index (χ1) is 30.0. The highest BCUT2D eigenvalue weighted by Gasteiger charge is 2.19. The maximum absolute atomic E-state index is 12.8. The van der Waals surface area contributed by atoms with Crippen molar-refractivity contribution in [3.05, 3.63) is 60.8 Å². The van der Waals surface area contributed by atoms with Gasteiger partial charge in [-0.1, -0.05) is 204 Å². The van der Waals surface area contributed by atoms with Crippen LogP contribution in [-0.4, -0.2) is 37.2 Å². The molecule has 1 atom stereocenters. The van der Waals surface area contributed by atoms with Gasteiger partial charge in [0.15, 0.2) is 6.10 Å². The Morgan fingerprint density at radius 1 is 0.344 bits per heavy atom. The van der Waals surface area contributed by atoms with E-state index in [1.807, 2.05) is 0 Å². The van der Waals surface area contributed by atoms with Crippen LogP contribution in [0.5, 0.6) is 0 Å². The zero-order chi connectivity index (χ0) is 44.4. The van der Waals surface area contributed by atoms with Gasteiger partial charge in [0.2, 0.25) is 0 Å². The molecule has 0 bridgehead atoms. The van der Waals surface area contributed by atoms with Gasteiger partial charge >= 0.3 is 17.9 Å². The number of esters is 3. The molecule has 6 nitrogen and oxygen atoms in total. The number of hydrogen-bond donors (Lipinski definition) is 0. The minimum atomic E-state index is -0.785. The standard InChI is InChI=1S/C55H96O6/c1-4-7-10-13-16-19-22-25-27-30-33-36-39-42-45-48-54(57)60-51-52(50-59-53(56)47-44-41-38-35-32-29-24-21-18-15-12-9-6-3)61-55(58)49-46-43-40-37-34-31-28-26-23-20-17-14-11-8-5-2/h9,12,15,18-24,52H,4-8,10-11,13-14,16-17,25-51H2,1-3H3/b12-9-,18-15-,22-19-,23-20-,24-21-. The molecule has 0 aromatic rings. The van der Waals surface area contributed by atoms with Gasteiger partial charge in [0.1, 0.15) is 13.2 Å². The monoisotopic (exact) mass is 853 g/mol. The Hall–Kier alpha value is -2.89. The summed E-state index contributed by atoms with van der Waals surface area (Å²) in [4.78, 5) is 38.0. The van der Waals surface area contributed by atoms with Crippen LogP contribution >= 0.6 is 0 Å². The molecule has 0 saturated carbocycles. The summed E-state index contributed by atoms with van der Waals surface area (Å²) in [5, 5.41) is 0. The van der Waals surface area contributed by atoms with Gasteiger partial charge in [0.05, 0.1) is 0 Å². The van der Waals surface area contributed by atoms with Gasteiger partial charge in [-0.05, 0) is 89.9 Å². The van der Waals surface area contributed by atoms with Crippen LogP contribution < -0.4 is 0 Å². The van der Waals surface area contributed by atoms with Gasteiger partial charge in [0, 0.05) is 19.3 Å². The fourth-order valence-electron chi connectivity index (χ4n) is 7.14. The topological polar surface area (TPSA) is 78.9 Å². The zero-order valence-electron chi connectivity index (χ0n) is 40.2. The smallest absolute Gasteiger partial charge is 0.306 e. The van der Waals surface area contributed by atoms with Crippen LogP contribution in [0.3, 0.4) is 0 Å². The number of allylic oxidation sites excluding steroid dienone is 10. The number of ether oxygens (including phenoxy) is 3. The molecule has 0 amide bonds. The van der Waals surface area contributed by atoms with Crippen molar-refractivity contribution in [2.75, 3.05) is 13.2 Å². The molecule has 0 aromatic carbocycles. The Bertz CT molecular complexity index is 1120. The normalized spacial score (nSPS) is 12.5. The van der Waals surface area contributed by atoms with Crippen molar-refractivity contribution in [1.82, 2.24) is 0 Å². The van der Waals surface area contributed by atoms with E-state index in [9.17, 15) is 14.4 Å². The van der Waals surface area contributed by atoms with E-state index >= 15 is 0 Å². The van der Waals surface area contributed by atoms with Crippen molar-refractivity contribution in [1.29, 1.82) is 0 Å². The lowest BCUT2D eigenvalue weighted by atomic mass is 10.1. The largest absolute Gasteiger partial charge is 0.462 e. The maximum Gasteiger partial charge on any atom is 0.306 e.